The highest BCUT2D eigenvalue weighted by Gasteiger charge is 2.20. The molecule has 0 aliphatic carbocycles. The number of nitrogens with zero attached hydrogens (tertiary/aromatic N) is 1. The highest BCUT2D eigenvalue weighted by Crippen LogP contribution is 2.15. The molecule has 1 atom stereocenters. The van der Waals surface area contributed by atoms with Crippen LogP contribution < -0.4 is 11.1 Å². The molecule has 0 saturated carbocycles. The van der Waals surface area contributed by atoms with Crippen molar-refractivity contribution >= 4 is 6.03 Å². The molecule has 1 unspecified atom stereocenters. The predicted molar refractivity (Wildman–Crippen MR) is 81.4 cm³/mol. The molecule has 1 aromatic rings. The smallest absolute Gasteiger partial charge is 0.317 e. The first-order valence-corrected chi connectivity index (χ1v) is 7.49. The van der Waals surface area contributed by atoms with Gasteiger partial charge in [0, 0.05) is 19.6 Å². The second-order valence-electron chi connectivity index (χ2n) is 5.71. The fraction of sp³-hybridized carbons (Fsp3) is 0.562. The zero-order valence-corrected chi connectivity index (χ0v) is 12.3. The van der Waals surface area contributed by atoms with Crippen LogP contribution in [0.1, 0.15) is 30.9 Å². The predicted octanol–water partition coefficient (Wildman–Crippen LogP) is 2.13. The summed E-state index contributed by atoms with van der Waals surface area (Å²) in [7, 11) is 0. The summed E-state index contributed by atoms with van der Waals surface area (Å²) in [4.78, 5) is 14.0. The van der Waals surface area contributed by atoms with Gasteiger partial charge in [-0.1, -0.05) is 31.2 Å². The van der Waals surface area contributed by atoms with Crippen LogP contribution in [0.3, 0.4) is 0 Å². The number of piperidine rings is 1. The van der Waals surface area contributed by atoms with Crippen molar-refractivity contribution in [3.05, 3.63) is 35.4 Å². The average molecular weight is 275 g/mol. The lowest BCUT2D eigenvalue weighted by Crippen LogP contribution is -2.44. The first-order chi connectivity index (χ1) is 9.69. The molecule has 0 radical (unpaired) electrons. The number of hydrogen-bond acceptors (Lipinski definition) is 2. The van der Waals surface area contributed by atoms with Crippen molar-refractivity contribution in [2.45, 2.75) is 32.7 Å². The minimum absolute atomic E-state index is 0.0579. The molecule has 2 rings (SSSR count). The van der Waals surface area contributed by atoms with Gasteiger partial charge in [0.25, 0.3) is 0 Å². The molecule has 2 amide bonds. The molecule has 1 saturated heterocycles. The first-order valence-electron chi connectivity index (χ1n) is 7.49. The number of likely N-dealkylation sites (tertiary alicyclic amines) is 1. The van der Waals surface area contributed by atoms with Crippen LogP contribution in [0.5, 0.6) is 0 Å². The maximum Gasteiger partial charge on any atom is 0.317 e. The zero-order chi connectivity index (χ0) is 14.4. The standard InChI is InChI=1S/C16H25N3O/c1-13-3-2-10-19(12-13)16(20)18-11-15-6-4-14(5-7-15)8-9-17/h4-7,13H,2-3,8-12,17H2,1H3,(H,18,20). The van der Waals surface area contributed by atoms with Crippen LogP contribution in [0.15, 0.2) is 24.3 Å². The summed E-state index contributed by atoms with van der Waals surface area (Å²) >= 11 is 0. The van der Waals surface area contributed by atoms with Gasteiger partial charge >= 0.3 is 6.03 Å². The van der Waals surface area contributed by atoms with Gasteiger partial charge in [-0.2, -0.15) is 0 Å². The summed E-state index contributed by atoms with van der Waals surface area (Å²) < 4.78 is 0. The molecule has 0 spiro atoms. The molecular formula is C16H25N3O. The Morgan fingerprint density at radius 3 is 2.70 bits per heavy atom. The lowest BCUT2D eigenvalue weighted by atomic mass is 10.0. The van der Waals surface area contributed by atoms with Gasteiger partial charge in [0.05, 0.1) is 0 Å². The number of urea groups is 1. The fourth-order valence-electron chi connectivity index (χ4n) is 2.65. The fourth-order valence-corrected chi connectivity index (χ4v) is 2.65. The largest absolute Gasteiger partial charge is 0.334 e. The highest BCUT2D eigenvalue weighted by atomic mass is 16.2. The number of rotatable bonds is 4. The van der Waals surface area contributed by atoms with E-state index in [1.54, 1.807) is 0 Å². The summed E-state index contributed by atoms with van der Waals surface area (Å²) in [5.74, 6) is 0.616. The molecule has 1 aromatic carbocycles. The van der Waals surface area contributed by atoms with Gasteiger partial charge in [-0.3, -0.25) is 0 Å². The quantitative estimate of drug-likeness (QED) is 0.884. The second-order valence-corrected chi connectivity index (χ2v) is 5.71. The Labute approximate surface area is 121 Å². The van der Waals surface area contributed by atoms with Gasteiger partial charge in [-0.15, -0.1) is 0 Å². The van der Waals surface area contributed by atoms with Gasteiger partial charge in [0.1, 0.15) is 0 Å². The molecule has 1 aliphatic heterocycles. The zero-order valence-electron chi connectivity index (χ0n) is 12.3. The Morgan fingerprint density at radius 1 is 1.35 bits per heavy atom. The van der Waals surface area contributed by atoms with E-state index in [2.05, 4.69) is 36.5 Å². The Hall–Kier alpha value is -1.55. The van der Waals surface area contributed by atoms with Crippen LogP contribution in [0.2, 0.25) is 0 Å². The normalized spacial score (nSPS) is 18.9. The van der Waals surface area contributed by atoms with Crippen LogP contribution in [0.25, 0.3) is 0 Å². The number of hydrogen-bond donors (Lipinski definition) is 2. The van der Waals surface area contributed by atoms with Gasteiger partial charge in [0.15, 0.2) is 0 Å². The van der Waals surface area contributed by atoms with Crippen molar-refractivity contribution in [2.24, 2.45) is 11.7 Å². The van der Waals surface area contributed by atoms with Gasteiger partial charge < -0.3 is 16.0 Å². The molecule has 20 heavy (non-hydrogen) atoms. The summed E-state index contributed by atoms with van der Waals surface area (Å²) in [5, 5.41) is 3.00. The van der Waals surface area contributed by atoms with Crippen LogP contribution in [-0.4, -0.2) is 30.6 Å². The summed E-state index contributed by atoms with van der Waals surface area (Å²) in [6, 6.07) is 8.34. The molecule has 110 valence electrons. The SMILES string of the molecule is CC1CCCN(C(=O)NCc2ccc(CCN)cc2)C1. The van der Waals surface area contributed by atoms with Crippen molar-refractivity contribution in [1.29, 1.82) is 0 Å². The third-order valence-electron chi connectivity index (χ3n) is 3.84. The molecular weight excluding hydrogens is 250 g/mol. The van der Waals surface area contributed by atoms with E-state index in [9.17, 15) is 4.79 Å². The van der Waals surface area contributed by atoms with E-state index in [1.807, 2.05) is 4.90 Å². The van der Waals surface area contributed by atoms with Crippen molar-refractivity contribution in [2.75, 3.05) is 19.6 Å². The maximum absolute atomic E-state index is 12.1. The van der Waals surface area contributed by atoms with Crippen LogP contribution >= 0.6 is 0 Å². The van der Waals surface area contributed by atoms with Crippen molar-refractivity contribution in [3.63, 3.8) is 0 Å². The van der Waals surface area contributed by atoms with Crippen LogP contribution in [0.4, 0.5) is 4.79 Å². The maximum atomic E-state index is 12.1. The lowest BCUT2D eigenvalue weighted by Gasteiger charge is -2.30. The first kappa shape index (κ1) is 14.9. The van der Waals surface area contributed by atoms with Crippen LogP contribution in [0, 0.1) is 5.92 Å². The van der Waals surface area contributed by atoms with Gasteiger partial charge in [-0.05, 0) is 42.9 Å². The Balaban J connectivity index is 1.80. The molecule has 0 aromatic heterocycles. The van der Waals surface area contributed by atoms with E-state index in [-0.39, 0.29) is 6.03 Å². The molecule has 4 heteroatoms. The van der Waals surface area contributed by atoms with Gasteiger partial charge in [-0.25, -0.2) is 4.79 Å². The van der Waals surface area contributed by atoms with E-state index >= 15 is 0 Å². The summed E-state index contributed by atoms with van der Waals surface area (Å²) in [6.07, 6.45) is 3.24. The van der Waals surface area contributed by atoms with Crippen molar-refractivity contribution < 1.29 is 4.79 Å². The van der Waals surface area contributed by atoms with E-state index < -0.39 is 0 Å². The molecule has 3 N–H and O–H groups in total. The van der Waals surface area contributed by atoms with Crippen molar-refractivity contribution in [3.8, 4) is 0 Å². The van der Waals surface area contributed by atoms with Gasteiger partial charge in [0.2, 0.25) is 0 Å². The third kappa shape index (κ3) is 4.23. The Bertz CT molecular complexity index is 430. The molecule has 1 heterocycles. The van der Waals surface area contributed by atoms with E-state index in [4.69, 9.17) is 5.73 Å². The molecule has 4 nitrogen and oxygen atoms in total. The lowest BCUT2D eigenvalue weighted by molar-refractivity contribution is 0.169. The Morgan fingerprint density at radius 2 is 2.05 bits per heavy atom. The van der Waals surface area contributed by atoms with E-state index in [1.165, 1.54) is 12.0 Å². The summed E-state index contributed by atoms with van der Waals surface area (Å²) in [6.45, 7) is 5.22. The van der Waals surface area contributed by atoms with Crippen LogP contribution in [-0.2, 0) is 13.0 Å². The van der Waals surface area contributed by atoms with E-state index in [0.717, 1.165) is 31.5 Å². The number of amides is 2. The monoisotopic (exact) mass is 275 g/mol. The topological polar surface area (TPSA) is 58.4 Å². The highest BCUT2D eigenvalue weighted by molar-refractivity contribution is 5.74. The summed E-state index contributed by atoms with van der Waals surface area (Å²) in [5.41, 5.74) is 7.90. The van der Waals surface area contributed by atoms with E-state index in [0.29, 0.717) is 19.0 Å². The molecule has 1 fully saturated rings. The third-order valence-corrected chi connectivity index (χ3v) is 3.84. The minimum atomic E-state index is 0.0579. The number of benzene rings is 1. The molecule has 1 aliphatic rings. The average Bonchev–Trinajstić information content (AvgIpc) is 2.46. The second kappa shape index (κ2) is 7.29. The Kier molecular flexibility index (Phi) is 5.41. The van der Waals surface area contributed by atoms with Crippen molar-refractivity contribution in [1.82, 2.24) is 10.2 Å². The number of nitrogens with two attached hydrogens (primary N) is 1. The minimum Gasteiger partial charge on any atom is -0.334 e. The molecule has 0 bridgehead atoms. The number of carbonyl (C=O) groups is 1. The number of nitrogens with one attached hydrogen (secondary N) is 1. The number of carbonyl (C=O) groups excluding carboxylic acids is 1.